The number of nitrogens with one attached hydrogen (secondary N) is 1. The van der Waals surface area contributed by atoms with E-state index in [2.05, 4.69) is 10.3 Å². The first-order chi connectivity index (χ1) is 11.7. The smallest absolute Gasteiger partial charge is 0.261 e. The lowest BCUT2D eigenvalue weighted by molar-refractivity contribution is -0.123. The van der Waals surface area contributed by atoms with E-state index >= 15 is 0 Å². The minimum atomic E-state index is -0.319. The Morgan fingerprint density at radius 1 is 1.33 bits per heavy atom. The summed E-state index contributed by atoms with van der Waals surface area (Å²) >= 11 is 0. The molecular formula is C17H21N3O4. The van der Waals surface area contributed by atoms with Crippen molar-refractivity contribution in [1.29, 1.82) is 0 Å². The molecule has 128 valence electrons. The minimum absolute atomic E-state index is 0.0490. The maximum Gasteiger partial charge on any atom is 0.261 e. The molecule has 2 N–H and O–H groups in total. The Bertz CT molecular complexity index is 800. The van der Waals surface area contributed by atoms with Gasteiger partial charge in [-0.25, -0.2) is 4.98 Å². The maximum absolute atomic E-state index is 12.7. The lowest BCUT2D eigenvalue weighted by Crippen LogP contribution is -2.31. The molecule has 0 aliphatic carbocycles. The normalized spacial score (nSPS) is 14.0. The van der Waals surface area contributed by atoms with Crippen LogP contribution in [-0.2, 0) is 17.8 Å². The van der Waals surface area contributed by atoms with Gasteiger partial charge in [-0.3, -0.25) is 14.2 Å². The molecule has 1 aromatic heterocycles. The Kier molecular flexibility index (Phi) is 5.10. The number of aliphatic hydroxyl groups excluding tert-OH is 1. The number of nitrogens with zero attached hydrogens (tertiary/aromatic N) is 2. The fourth-order valence-corrected chi connectivity index (χ4v) is 2.88. The number of aryl methyl sites for hydroxylation is 1. The summed E-state index contributed by atoms with van der Waals surface area (Å²) in [4.78, 5) is 28.8. The van der Waals surface area contributed by atoms with Crippen LogP contribution in [0, 0.1) is 0 Å². The molecule has 2 heterocycles. The summed E-state index contributed by atoms with van der Waals surface area (Å²) in [7, 11) is 0. The molecule has 7 nitrogen and oxygen atoms in total. The van der Waals surface area contributed by atoms with Crippen molar-refractivity contribution in [2.75, 3.05) is 19.8 Å². The average Bonchev–Trinajstić information content (AvgIpc) is 2.84. The van der Waals surface area contributed by atoms with Gasteiger partial charge < -0.3 is 15.2 Å². The molecule has 0 radical (unpaired) electrons. The number of carbonyl (C=O) groups is 1. The minimum Gasteiger partial charge on any atom is -0.484 e. The monoisotopic (exact) mass is 331 g/mol. The average molecular weight is 331 g/mol. The van der Waals surface area contributed by atoms with Crippen LogP contribution in [0.4, 0.5) is 0 Å². The molecule has 0 unspecified atom stereocenters. The van der Waals surface area contributed by atoms with E-state index in [9.17, 15) is 9.59 Å². The highest BCUT2D eigenvalue weighted by molar-refractivity contribution is 5.80. The zero-order chi connectivity index (χ0) is 16.9. The van der Waals surface area contributed by atoms with Crippen LogP contribution in [0.3, 0.4) is 0 Å². The van der Waals surface area contributed by atoms with Crippen LogP contribution in [0.1, 0.15) is 25.1 Å². The van der Waals surface area contributed by atoms with Gasteiger partial charge in [-0.05, 0) is 31.0 Å². The maximum atomic E-state index is 12.7. The van der Waals surface area contributed by atoms with Gasteiger partial charge in [-0.15, -0.1) is 0 Å². The van der Waals surface area contributed by atoms with Crippen molar-refractivity contribution in [2.24, 2.45) is 0 Å². The molecule has 0 atom stereocenters. The van der Waals surface area contributed by atoms with Gasteiger partial charge in [0.2, 0.25) is 0 Å². The molecule has 0 saturated carbocycles. The Hall–Kier alpha value is -2.41. The van der Waals surface area contributed by atoms with Gasteiger partial charge in [0.25, 0.3) is 11.5 Å². The molecule has 3 rings (SSSR count). The Balaban J connectivity index is 1.84. The van der Waals surface area contributed by atoms with Gasteiger partial charge in [0.1, 0.15) is 11.6 Å². The first-order valence-electron chi connectivity index (χ1n) is 8.23. The van der Waals surface area contributed by atoms with Crippen molar-refractivity contribution in [1.82, 2.24) is 14.9 Å². The number of ether oxygens (including phenoxy) is 1. The third-order valence-corrected chi connectivity index (χ3v) is 4.09. The predicted octanol–water partition coefficient (Wildman–Crippen LogP) is 0.610. The fraction of sp³-hybridized carbons (Fsp3) is 0.471. The van der Waals surface area contributed by atoms with E-state index in [1.54, 1.807) is 22.8 Å². The van der Waals surface area contributed by atoms with E-state index in [4.69, 9.17) is 9.84 Å². The van der Waals surface area contributed by atoms with Crippen LogP contribution >= 0.6 is 0 Å². The van der Waals surface area contributed by atoms with Crippen molar-refractivity contribution in [3.05, 3.63) is 34.4 Å². The number of carbonyl (C=O) groups excluding carboxylic acids is 1. The Labute approximate surface area is 139 Å². The summed E-state index contributed by atoms with van der Waals surface area (Å²) < 4.78 is 7.18. The van der Waals surface area contributed by atoms with E-state index in [0.717, 1.165) is 31.5 Å². The van der Waals surface area contributed by atoms with Gasteiger partial charge >= 0.3 is 0 Å². The topological polar surface area (TPSA) is 93.5 Å². The molecule has 1 aliphatic heterocycles. The summed E-state index contributed by atoms with van der Waals surface area (Å²) in [6.07, 6.45) is 3.98. The third-order valence-electron chi connectivity index (χ3n) is 4.09. The quantitative estimate of drug-likeness (QED) is 0.837. The van der Waals surface area contributed by atoms with Gasteiger partial charge in [-0.1, -0.05) is 6.42 Å². The highest BCUT2D eigenvalue weighted by atomic mass is 16.5. The second-order valence-electron chi connectivity index (χ2n) is 5.84. The number of fused-ring (bicyclic) bond motifs is 2. The van der Waals surface area contributed by atoms with Crippen molar-refractivity contribution < 1.29 is 14.6 Å². The molecule has 0 bridgehead atoms. The van der Waals surface area contributed by atoms with Crippen LogP contribution in [0.2, 0.25) is 0 Å². The van der Waals surface area contributed by atoms with E-state index in [0.29, 0.717) is 23.2 Å². The molecule has 0 spiro atoms. The molecule has 1 aromatic carbocycles. The van der Waals surface area contributed by atoms with E-state index in [-0.39, 0.29) is 31.2 Å². The predicted molar refractivity (Wildman–Crippen MR) is 89.1 cm³/mol. The standard InChI is InChI=1S/C17H21N3O4/c21-9-7-18-16(22)11-24-12-5-6-14-13(10-12)17(23)20-8-3-1-2-4-15(20)19-14/h5-6,10,21H,1-4,7-9,11H2,(H,18,22). The zero-order valence-electron chi connectivity index (χ0n) is 13.5. The highest BCUT2D eigenvalue weighted by Gasteiger charge is 2.14. The summed E-state index contributed by atoms with van der Waals surface area (Å²) in [5, 5.41) is 11.7. The fourth-order valence-electron chi connectivity index (χ4n) is 2.88. The van der Waals surface area contributed by atoms with E-state index in [1.165, 1.54) is 0 Å². The number of benzene rings is 1. The SMILES string of the molecule is O=C(COc1ccc2nc3n(c(=O)c2c1)CCCCC3)NCCO. The number of aliphatic hydroxyl groups is 1. The molecule has 24 heavy (non-hydrogen) atoms. The molecule has 0 saturated heterocycles. The molecule has 1 amide bonds. The lowest BCUT2D eigenvalue weighted by Gasteiger charge is -2.11. The number of amides is 1. The summed E-state index contributed by atoms with van der Waals surface area (Å²) in [5.41, 5.74) is 0.609. The van der Waals surface area contributed by atoms with Crippen LogP contribution in [0.25, 0.3) is 10.9 Å². The second kappa shape index (κ2) is 7.44. The first kappa shape index (κ1) is 16.4. The molecular weight excluding hydrogens is 310 g/mol. The summed E-state index contributed by atoms with van der Waals surface area (Å²) in [6.45, 7) is 0.615. The Morgan fingerprint density at radius 2 is 2.21 bits per heavy atom. The van der Waals surface area contributed by atoms with Gasteiger partial charge in [0.05, 0.1) is 17.5 Å². The number of aromatic nitrogens is 2. The van der Waals surface area contributed by atoms with Crippen molar-refractivity contribution >= 4 is 16.8 Å². The van der Waals surface area contributed by atoms with Crippen molar-refractivity contribution in [2.45, 2.75) is 32.2 Å². The highest BCUT2D eigenvalue weighted by Crippen LogP contribution is 2.19. The number of hydrogen-bond donors (Lipinski definition) is 2. The van der Waals surface area contributed by atoms with Crippen molar-refractivity contribution in [3.8, 4) is 5.75 Å². The number of hydrogen-bond acceptors (Lipinski definition) is 5. The Morgan fingerprint density at radius 3 is 3.04 bits per heavy atom. The lowest BCUT2D eigenvalue weighted by atomic mass is 10.2. The van der Waals surface area contributed by atoms with Crippen LogP contribution in [0.15, 0.2) is 23.0 Å². The molecule has 0 fully saturated rings. The van der Waals surface area contributed by atoms with Crippen LogP contribution < -0.4 is 15.6 Å². The molecule has 2 aromatic rings. The van der Waals surface area contributed by atoms with Crippen LogP contribution in [-0.4, -0.2) is 40.3 Å². The zero-order valence-corrected chi connectivity index (χ0v) is 13.5. The molecule has 7 heteroatoms. The van der Waals surface area contributed by atoms with Gasteiger partial charge in [0.15, 0.2) is 6.61 Å². The van der Waals surface area contributed by atoms with E-state index < -0.39 is 0 Å². The molecule has 1 aliphatic rings. The third kappa shape index (κ3) is 3.56. The second-order valence-corrected chi connectivity index (χ2v) is 5.84. The largest absolute Gasteiger partial charge is 0.484 e. The van der Waals surface area contributed by atoms with E-state index in [1.807, 2.05) is 0 Å². The number of rotatable bonds is 5. The van der Waals surface area contributed by atoms with Crippen LogP contribution in [0.5, 0.6) is 5.75 Å². The summed E-state index contributed by atoms with van der Waals surface area (Å²) in [6, 6.07) is 5.10. The van der Waals surface area contributed by atoms with Gasteiger partial charge in [0, 0.05) is 19.5 Å². The van der Waals surface area contributed by atoms with Crippen molar-refractivity contribution in [3.63, 3.8) is 0 Å². The van der Waals surface area contributed by atoms with Gasteiger partial charge in [-0.2, -0.15) is 0 Å². The summed E-state index contributed by atoms with van der Waals surface area (Å²) in [5.74, 6) is 0.984. The first-order valence-corrected chi connectivity index (χ1v) is 8.23.